The summed E-state index contributed by atoms with van der Waals surface area (Å²) in [4.78, 5) is 82.8. The van der Waals surface area contributed by atoms with Crippen molar-refractivity contribution in [2.24, 2.45) is 11.8 Å². The summed E-state index contributed by atoms with van der Waals surface area (Å²) in [6.07, 6.45) is 1.63. The summed E-state index contributed by atoms with van der Waals surface area (Å²) >= 11 is 12.1. The molecule has 4 amide bonds. The lowest BCUT2D eigenvalue weighted by molar-refractivity contribution is -0.146. The van der Waals surface area contributed by atoms with Gasteiger partial charge in [-0.3, -0.25) is 19.2 Å². The molecule has 16 nitrogen and oxygen atoms in total. The molecule has 0 unspecified atom stereocenters. The van der Waals surface area contributed by atoms with E-state index in [4.69, 9.17) is 32.7 Å². The largest absolute Gasteiger partial charge is 0.467 e. The first-order valence-electron chi connectivity index (χ1n) is 24.7. The van der Waals surface area contributed by atoms with Crippen LogP contribution in [0.25, 0.3) is 21.8 Å². The SMILES string of the molecule is COC(=O)[C@H](CC(C)C)NC(=O)C[C@@]1(O)C[C@H](NC(=O)c2cc3cc(Cl)ccc3[nH]2)Cc2ccccc21.COC(=O)[C@H](CC(C)C)NC(=O)C[C@]1(O)C[C@@H](NC(=O)c2cc3cc(Cl)ccc3[nH]2)Cc2ccccc21. The number of ether oxygens (including phenoxy) is 2. The number of benzene rings is 4. The smallest absolute Gasteiger partial charge is 0.328 e. The average Bonchev–Trinajstić information content (AvgIpc) is 3.97. The van der Waals surface area contributed by atoms with Crippen LogP contribution in [0.3, 0.4) is 0 Å². The molecule has 2 aliphatic carbocycles. The number of fused-ring (bicyclic) bond motifs is 4. The molecule has 2 aromatic heterocycles. The Bertz CT molecular complexity index is 2840. The van der Waals surface area contributed by atoms with Gasteiger partial charge >= 0.3 is 11.9 Å². The van der Waals surface area contributed by atoms with Crippen LogP contribution in [-0.4, -0.2) is 94.1 Å². The van der Waals surface area contributed by atoms with Crippen molar-refractivity contribution < 1.29 is 48.5 Å². The summed E-state index contributed by atoms with van der Waals surface area (Å²) in [5.74, 6) is -2.30. The van der Waals surface area contributed by atoms with E-state index in [1.807, 2.05) is 76.2 Å². The maximum Gasteiger partial charge on any atom is 0.328 e. The molecule has 74 heavy (non-hydrogen) atoms. The van der Waals surface area contributed by atoms with E-state index in [0.29, 0.717) is 58.2 Å². The predicted octanol–water partition coefficient (Wildman–Crippen LogP) is 7.70. The van der Waals surface area contributed by atoms with Crippen molar-refractivity contribution >= 4 is 80.6 Å². The molecule has 0 bridgehead atoms. The number of hydrogen-bond donors (Lipinski definition) is 8. The Hall–Kier alpha value is -6.72. The number of aliphatic hydroxyl groups is 2. The normalized spacial score (nSPS) is 19.8. The highest BCUT2D eigenvalue weighted by atomic mass is 35.5. The number of hydrogen-bond acceptors (Lipinski definition) is 10. The highest BCUT2D eigenvalue weighted by Crippen LogP contribution is 2.40. The zero-order chi connectivity index (χ0) is 53.5. The van der Waals surface area contributed by atoms with Gasteiger partial charge in [-0.1, -0.05) is 99.4 Å². The maximum absolute atomic E-state index is 13.1. The van der Waals surface area contributed by atoms with Crippen LogP contribution in [0.15, 0.2) is 97.1 Å². The summed E-state index contributed by atoms with van der Waals surface area (Å²) in [6.45, 7) is 7.79. The molecule has 0 saturated carbocycles. The number of halogens is 2. The fourth-order valence-corrected chi connectivity index (χ4v) is 10.6. The van der Waals surface area contributed by atoms with Gasteiger partial charge in [0.15, 0.2) is 0 Å². The summed E-state index contributed by atoms with van der Waals surface area (Å²) in [6, 6.07) is 26.4. The second kappa shape index (κ2) is 23.7. The van der Waals surface area contributed by atoms with E-state index in [9.17, 15) is 39.0 Å². The van der Waals surface area contributed by atoms with Crippen molar-refractivity contribution in [1.82, 2.24) is 31.2 Å². The van der Waals surface area contributed by atoms with E-state index in [0.717, 1.165) is 32.9 Å². The van der Waals surface area contributed by atoms with Crippen LogP contribution >= 0.6 is 23.2 Å². The number of esters is 2. The van der Waals surface area contributed by atoms with E-state index in [1.54, 1.807) is 48.5 Å². The van der Waals surface area contributed by atoms with Crippen molar-refractivity contribution in [3.63, 3.8) is 0 Å². The lowest BCUT2D eigenvalue weighted by Crippen LogP contribution is -2.49. The topological polar surface area (TPSA) is 241 Å². The molecular formula is C56H64Cl2N6O10. The van der Waals surface area contributed by atoms with Gasteiger partial charge in [-0.2, -0.15) is 0 Å². The number of carbonyl (C=O) groups is 6. The molecule has 0 fully saturated rings. The highest BCUT2D eigenvalue weighted by Gasteiger charge is 2.43. The fourth-order valence-electron chi connectivity index (χ4n) is 10.2. The number of methoxy groups -OCH3 is 2. The third-order valence-corrected chi connectivity index (χ3v) is 13.9. The van der Waals surface area contributed by atoms with Crippen molar-refractivity contribution in [2.75, 3.05) is 14.2 Å². The zero-order valence-corrected chi connectivity index (χ0v) is 43.8. The van der Waals surface area contributed by atoms with Gasteiger partial charge in [-0.05, 0) is 108 Å². The number of aromatic nitrogens is 2. The van der Waals surface area contributed by atoms with Gasteiger partial charge in [-0.25, -0.2) is 9.59 Å². The Labute approximate surface area is 439 Å². The maximum atomic E-state index is 13.1. The molecule has 18 heteroatoms. The molecule has 2 aliphatic rings. The van der Waals surface area contributed by atoms with Gasteiger partial charge < -0.3 is 50.9 Å². The third-order valence-electron chi connectivity index (χ3n) is 13.4. The van der Waals surface area contributed by atoms with Gasteiger partial charge in [0.05, 0.1) is 27.1 Å². The number of aromatic amines is 2. The predicted molar refractivity (Wildman–Crippen MR) is 282 cm³/mol. The Morgan fingerprint density at radius 3 is 1.34 bits per heavy atom. The molecule has 8 rings (SSSR count). The van der Waals surface area contributed by atoms with Crippen LogP contribution in [0.5, 0.6) is 0 Å². The van der Waals surface area contributed by atoms with Crippen LogP contribution in [0.1, 0.15) is 109 Å². The number of H-pyrrole nitrogens is 2. The van der Waals surface area contributed by atoms with Gasteiger partial charge in [0, 0.05) is 56.8 Å². The summed E-state index contributed by atoms with van der Waals surface area (Å²) < 4.78 is 9.69. The quantitative estimate of drug-likeness (QED) is 0.0440. The molecule has 0 spiro atoms. The second-order valence-corrected chi connectivity index (χ2v) is 21.1. The summed E-state index contributed by atoms with van der Waals surface area (Å²) in [5, 5.41) is 37.7. The number of amides is 4. The molecule has 8 N–H and O–H groups in total. The van der Waals surface area contributed by atoms with E-state index < -0.39 is 59.1 Å². The summed E-state index contributed by atoms with van der Waals surface area (Å²) in [5.41, 5.74) is 2.29. The van der Waals surface area contributed by atoms with Crippen LogP contribution in [0.2, 0.25) is 10.0 Å². The van der Waals surface area contributed by atoms with Crippen molar-refractivity contribution in [1.29, 1.82) is 0 Å². The first-order chi connectivity index (χ1) is 35.1. The molecule has 0 saturated heterocycles. The minimum atomic E-state index is -1.52. The lowest BCUT2D eigenvalue weighted by Gasteiger charge is -2.39. The van der Waals surface area contributed by atoms with E-state index >= 15 is 0 Å². The monoisotopic (exact) mass is 1050 g/mol. The number of nitrogens with one attached hydrogen (secondary N) is 6. The van der Waals surface area contributed by atoms with Gasteiger partial charge in [-0.15, -0.1) is 0 Å². The Kier molecular flexibility index (Phi) is 17.6. The van der Waals surface area contributed by atoms with Crippen molar-refractivity contribution in [3.8, 4) is 0 Å². The van der Waals surface area contributed by atoms with E-state index in [1.165, 1.54) is 14.2 Å². The zero-order valence-electron chi connectivity index (χ0n) is 42.3. The van der Waals surface area contributed by atoms with E-state index in [2.05, 4.69) is 31.2 Å². The van der Waals surface area contributed by atoms with Crippen LogP contribution in [0.4, 0.5) is 0 Å². The summed E-state index contributed by atoms with van der Waals surface area (Å²) in [7, 11) is 2.56. The molecule has 0 aliphatic heterocycles. The molecule has 2 heterocycles. The average molecular weight is 1050 g/mol. The number of rotatable bonds is 16. The van der Waals surface area contributed by atoms with Gasteiger partial charge in [0.25, 0.3) is 11.8 Å². The Morgan fingerprint density at radius 1 is 0.595 bits per heavy atom. The van der Waals surface area contributed by atoms with E-state index in [-0.39, 0.29) is 49.3 Å². The molecule has 6 atom stereocenters. The lowest BCUT2D eigenvalue weighted by atomic mass is 9.74. The third kappa shape index (κ3) is 13.5. The van der Waals surface area contributed by atoms with Crippen LogP contribution < -0.4 is 21.3 Å². The van der Waals surface area contributed by atoms with Gasteiger partial charge in [0.1, 0.15) is 34.7 Å². The van der Waals surface area contributed by atoms with Crippen molar-refractivity contribution in [2.45, 2.75) is 114 Å². The van der Waals surface area contributed by atoms with Crippen molar-refractivity contribution in [3.05, 3.63) is 141 Å². The minimum Gasteiger partial charge on any atom is -0.467 e. The Balaban J connectivity index is 0.000000216. The minimum absolute atomic E-state index is 0.141. The standard InChI is InChI=1S/2C28H32ClN3O5/c2*1-16(2)10-24(27(35)37-3)32-25(33)15-28(36)14-20(12-17-6-4-5-7-21(17)28)30-26(34)23-13-18-11-19(29)8-9-22(18)31-23/h2*4-9,11,13,16,20,24,31,36H,10,12,14-15H2,1-3H3,(H,30,34)(H,32,33)/t20-,24+,28+;20-,24-,28+/m10/s1. The molecule has 0 radical (unpaired) electrons. The molecular weight excluding hydrogens is 988 g/mol. The molecule has 4 aromatic carbocycles. The molecule has 6 aromatic rings. The Morgan fingerprint density at radius 2 is 0.973 bits per heavy atom. The highest BCUT2D eigenvalue weighted by molar-refractivity contribution is 6.31. The van der Waals surface area contributed by atoms with Crippen LogP contribution in [-0.2, 0) is 52.7 Å². The van der Waals surface area contributed by atoms with Crippen LogP contribution in [0, 0.1) is 11.8 Å². The number of carbonyl (C=O) groups excluding carboxylic acids is 6. The van der Waals surface area contributed by atoms with Gasteiger partial charge in [0.2, 0.25) is 11.8 Å². The second-order valence-electron chi connectivity index (χ2n) is 20.3. The first-order valence-corrected chi connectivity index (χ1v) is 25.5. The molecule has 392 valence electrons. The first kappa shape index (κ1) is 55.0. The fraction of sp³-hybridized carbons (Fsp3) is 0.393.